The van der Waals surface area contributed by atoms with Gasteiger partial charge in [0.05, 0.1) is 15.1 Å². The van der Waals surface area contributed by atoms with Crippen LogP contribution in [0.5, 0.6) is 0 Å². The van der Waals surface area contributed by atoms with Crippen molar-refractivity contribution in [2.45, 2.75) is 6.92 Å². The lowest BCUT2D eigenvalue weighted by molar-refractivity contribution is -0.387. The lowest BCUT2D eigenvalue weighted by Crippen LogP contribution is -1.95. The van der Waals surface area contributed by atoms with Gasteiger partial charge >= 0.3 is 5.69 Å². The van der Waals surface area contributed by atoms with Crippen molar-refractivity contribution in [3.05, 3.63) is 32.0 Å². The van der Waals surface area contributed by atoms with E-state index in [0.717, 1.165) is 6.07 Å². The number of isocyanates is 1. The highest BCUT2D eigenvalue weighted by Crippen LogP contribution is 2.36. The molecule has 0 N–H and O–H groups in total. The highest BCUT2D eigenvalue weighted by atomic mass is 79.9. The van der Waals surface area contributed by atoms with Crippen LogP contribution >= 0.6 is 15.9 Å². The number of benzene rings is 1. The highest BCUT2D eigenvalue weighted by Gasteiger charge is 2.21. The Kier molecular flexibility index (Phi) is 3.28. The zero-order valence-electron chi connectivity index (χ0n) is 7.45. The summed E-state index contributed by atoms with van der Waals surface area (Å²) in [6, 6.07) is 1.01. The third-order valence-corrected chi connectivity index (χ3v) is 2.43. The van der Waals surface area contributed by atoms with Gasteiger partial charge in [-0.1, -0.05) is 0 Å². The van der Waals surface area contributed by atoms with E-state index in [1.54, 1.807) is 0 Å². The monoisotopic (exact) mass is 274 g/mol. The normalized spacial score (nSPS) is 9.53. The number of carbonyl (C=O) groups excluding carboxylic acids is 1. The van der Waals surface area contributed by atoms with Crippen LogP contribution in [0, 0.1) is 22.9 Å². The molecule has 1 aromatic carbocycles. The minimum Gasteiger partial charge on any atom is -0.258 e. The molecule has 1 rings (SSSR count). The van der Waals surface area contributed by atoms with Crippen molar-refractivity contribution < 1.29 is 14.1 Å². The Labute approximate surface area is 91.9 Å². The molecule has 7 heteroatoms. The van der Waals surface area contributed by atoms with Crippen LogP contribution in [0.4, 0.5) is 15.8 Å². The number of aliphatic imine (C=N–C) groups is 1. The summed E-state index contributed by atoms with van der Waals surface area (Å²) in [5.41, 5.74) is -0.337. The fourth-order valence-corrected chi connectivity index (χ4v) is 1.65. The molecule has 0 unspecified atom stereocenters. The van der Waals surface area contributed by atoms with Crippen LogP contribution in [0.3, 0.4) is 0 Å². The summed E-state index contributed by atoms with van der Waals surface area (Å²) in [6.07, 6.45) is 1.25. The molecule has 0 atom stereocenters. The zero-order chi connectivity index (χ0) is 11.6. The topological polar surface area (TPSA) is 72.6 Å². The van der Waals surface area contributed by atoms with Gasteiger partial charge in [-0.3, -0.25) is 10.1 Å². The van der Waals surface area contributed by atoms with Crippen molar-refractivity contribution in [3.8, 4) is 0 Å². The smallest absolute Gasteiger partial charge is 0.258 e. The molecule has 0 fully saturated rings. The van der Waals surface area contributed by atoms with Crippen molar-refractivity contribution in [1.82, 2.24) is 0 Å². The molecule has 0 radical (unpaired) electrons. The standard InChI is InChI=1S/C8H4BrFN2O3/c1-4-2-5(12(14)15)7(10)6(9)8(4)11-3-13/h2H,1H3. The van der Waals surface area contributed by atoms with Gasteiger partial charge in [0.2, 0.25) is 11.9 Å². The van der Waals surface area contributed by atoms with E-state index in [9.17, 15) is 19.3 Å². The van der Waals surface area contributed by atoms with Crippen LogP contribution in [0.2, 0.25) is 0 Å². The van der Waals surface area contributed by atoms with E-state index in [0.29, 0.717) is 5.56 Å². The lowest BCUT2D eigenvalue weighted by Gasteiger charge is -2.03. The Morgan fingerprint density at radius 2 is 2.27 bits per heavy atom. The van der Waals surface area contributed by atoms with Crippen LogP contribution in [-0.2, 0) is 4.79 Å². The van der Waals surface area contributed by atoms with Crippen LogP contribution in [0.1, 0.15) is 5.56 Å². The maximum atomic E-state index is 13.3. The fourth-order valence-electron chi connectivity index (χ4n) is 1.04. The highest BCUT2D eigenvalue weighted by molar-refractivity contribution is 9.10. The van der Waals surface area contributed by atoms with Crippen molar-refractivity contribution in [2.75, 3.05) is 0 Å². The van der Waals surface area contributed by atoms with E-state index in [4.69, 9.17) is 0 Å². The summed E-state index contributed by atoms with van der Waals surface area (Å²) in [4.78, 5) is 22.9. The SMILES string of the molecule is Cc1cc([N+](=O)[O-])c(F)c(Br)c1N=C=O. The van der Waals surface area contributed by atoms with Crippen molar-refractivity contribution in [2.24, 2.45) is 4.99 Å². The fraction of sp³-hybridized carbons (Fsp3) is 0.125. The lowest BCUT2D eigenvalue weighted by atomic mass is 10.2. The molecule has 0 aliphatic heterocycles. The summed E-state index contributed by atoms with van der Waals surface area (Å²) in [5.74, 6) is -1.06. The number of hydrogen-bond donors (Lipinski definition) is 0. The van der Waals surface area contributed by atoms with E-state index in [-0.39, 0.29) is 10.2 Å². The van der Waals surface area contributed by atoms with Gasteiger partial charge in [-0.05, 0) is 28.4 Å². The summed E-state index contributed by atoms with van der Waals surface area (Å²) < 4.78 is 13.1. The second-order valence-electron chi connectivity index (χ2n) is 2.65. The molecule has 0 aliphatic carbocycles. The van der Waals surface area contributed by atoms with Crippen molar-refractivity contribution >= 4 is 33.4 Å². The van der Waals surface area contributed by atoms with E-state index >= 15 is 0 Å². The predicted molar refractivity (Wildman–Crippen MR) is 53.3 cm³/mol. The Hall–Kier alpha value is -1.59. The average Bonchev–Trinajstić information content (AvgIpc) is 2.18. The van der Waals surface area contributed by atoms with Gasteiger partial charge in [0, 0.05) is 6.07 Å². The third kappa shape index (κ3) is 2.08. The number of halogens is 2. The Morgan fingerprint density at radius 1 is 1.67 bits per heavy atom. The van der Waals surface area contributed by atoms with Gasteiger partial charge in [0.15, 0.2) is 0 Å². The number of nitrogens with zero attached hydrogens (tertiary/aromatic N) is 2. The second-order valence-corrected chi connectivity index (χ2v) is 3.44. The first-order chi connectivity index (χ1) is 6.99. The second kappa shape index (κ2) is 4.29. The van der Waals surface area contributed by atoms with E-state index in [1.807, 2.05) is 0 Å². The first kappa shape index (κ1) is 11.5. The predicted octanol–water partition coefficient (Wildman–Crippen LogP) is 2.77. The molecule has 15 heavy (non-hydrogen) atoms. The van der Waals surface area contributed by atoms with Crippen LogP contribution in [0.15, 0.2) is 15.5 Å². The minimum absolute atomic E-state index is 0.00750. The van der Waals surface area contributed by atoms with Crippen LogP contribution in [-0.4, -0.2) is 11.0 Å². The summed E-state index contributed by atoms with van der Waals surface area (Å²) in [7, 11) is 0. The average molecular weight is 275 g/mol. The molecular formula is C8H4BrFN2O3. The number of aryl methyl sites for hydroxylation is 1. The molecule has 0 bridgehead atoms. The molecule has 0 saturated heterocycles. The van der Waals surface area contributed by atoms with E-state index in [2.05, 4.69) is 20.9 Å². The van der Waals surface area contributed by atoms with Gasteiger partial charge in [0.1, 0.15) is 0 Å². The molecule has 0 saturated carbocycles. The van der Waals surface area contributed by atoms with E-state index < -0.39 is 16.4 Å². The molecule has 78 valence electrons. The number of hydrogen-bond acceptors (Lipinski definition) is 4. The Balaban J connectivity index is 3.57. The maximum absolute atomic E-state index is 13.3. The first-order valence-electron chi connectivity index (χ1n) is 3.70. The van der Waals surface area contributed by atoms with Gasteiger partial charge in [-0.2, -0.15) is 9.38 Å². The minimum atomic E-state index is -1.06. The zero-order valence-corrected chi connectivity index (χ0v) is 9.04. The Bertz CT molecular complexity index is 483. The molecule has 5 nitrogen and oxygen atoms in total. The van der Waals surface area contributed by atoms with Gasteiger partial charge < -0.3 is 0 Å². The molecular weight excluding hydrogens is 271 g/mol. The summed E-state index contributed by atoms with van der Waals surface area (Å²) in [6.45, 7) is 1.48. The maximum Gasteiger partial charge on any atom is 0.306 e. The van der Waals surface area contributed by atoms with Crippen LogP contribution < -0.4 is 0 Å². The molecule has 0 amide bonds. The molecule has 0 heterocycles. The molecule has 0 spiro atoms. The third-order valence-electron chi connectivity index (χ3n) is 1.71. The van der Waals surface area contributed by atoms with Gasteiger partial charge in [0.25, 0.3) is 0 Å². The van der Waals surface area contributed by atoms with Crippen LogP contribution in [0.25, 0.3) is 0 Å². The molecule has 1 aromatic rings. The van der Waals surface area contributed by atoms with Gasteiger partial charge in [-0.25, -0.2) is 4.79 Å². The van der Waals surface area contributed by atoms with Crippen molar-refractivity contribution in [3.63, 3.8) is 0 Å². The molecule has 0 aromatic heterocycles. The Morgan fingerprint density at radius 3 is 2.73 bits per heavy atom. The summed E-state index contributed by atoms with van der Waals surface area (Å²) in [5, 5.41) is 10.4. The summed E-state index contributed by atoms with van der Waals surface area (Å²) >= 11 is 2.80. The largest absolute Gasteiger partial charge is 0.306 e. The quantitative estimate of drug-likeness (QED) is 0.360. The first-order valence-corrected chi connectivity index (χ1v) is 4.49. The van der Waals surface area contributed by atoms with Gasteiger partial charge in [-0.15, -0.1) is 0 Å². The number of rotatable bonds is 2. The number of nitro benzene ring substituents is 1. The van der Waals surface area contributed by atoms with Crippen molar-refractivity contribution in [1.29, 1.82) is 0 Å². The number of nitro groups is 1. The molecule has 0 aliphatic rings. The van der Waals surface area contributed by atoms with E-state index in [1.165, 1.54) is 13.0 Å².